The Kier molecular flexibility index (Phi) is 3.90. The third kappa shape index (κ3) is 2.43. The van der Waals surface area contributed by atoms with Gasteiger partial charge in [0.25, 0.3) is 0 Å². The van der Waals surface area contributed by atoms with Gasteiger partial charge >= 0.3 is 0 Å². The van der Waals surface area contributed by atoms with Gasteiger partial charge in [-0.2, -0.15) is 0 Å². The fourth-order valence-corrected chi connectivity index (χ4v) is 6.91. The van der Waals surface area contributed by atoms with Gasteiger partial charge in [0.1, 0.15) is 0 Å². The van der Waals surface area contributed by atoms with Crippen LogP contribution in [0.4, 0.5) is 0 Å². The molecule has 1 aliphatic heterocycles. The molecule has 1 fully saturated rings. The Morgan fingerprint density at radius 3 is 2.62 bits per heavy atom. The molecular formula is C24H23NS. The molecule has 2 heteroatoms. The van der Waals surface area contributed by atoms with E-state index in [-0.39, 0.29) is 0 Å². The van der Waals surface area contributed by atoms with Crippen LogP contribution in [-0.4, -0.2) is 10.2 Å². The summed E-state index contributed by atoms with van der Waals surface area (Å²) >= 11 is 2.11. The molecule has 26 heavy (non-hydrogen) atoms. The lowest BCUT2D eigenvalue weighted by Gasteiger charge is -2.23. The van der Waals surface area contributed by atoms with Gasteiger partial charge in [-0.05, 0) is 52.9 Å². The smallest absolute Gasteiger partial charge is 0.0737 e. The van der Waals surface area contributed by atoms with Crippen LogP contribution >= 0.6 is 11.8 Å². The fourth-order valence-electron chi connectivity index (χ4n) is 5.14. The first-order chi connectivity index (χ1) is 12.7. The second kappa shape index (κ2) is 6.28. The predicted molar refractivity (Wildman–Crippen MR) is 112 cm³/mol. The van der Waals surface area contributed by atoms with E-state index >= 15 is 0 Å². The van der Waals surface area contributed by atoms with E-state index in [4.69, 9.17) is 4.98 Å². The van der Waals surface area contributed by atoms with Gasteiger partial charge in [0, 0.05) is 22.8 Å². The van der Waals surface area contributed by atoms with Crippen molar-refractivity contribution in [2.24, 2.45) is 11.8 Å². The van der Waals surface area contributed by atoms with Gasteiger partial charge in [-0.25, -0.2) is 0 Å². The molecule has 4 atom stereocenters. The summed E-state index contributed by atoms with van der Waals surface area (Å²) in [5, 5.41) is 1.89. The van der Waals surface area contributed by atoms with Crippen molar-refractivity contribution in [2.45, 2.75) is 31.4 Å². The van der Waals surface area contributed by atoms with Gasteiger partial charge in [-0.1, -0.05) is 61.5 Å². The number of allylic oxidation sites excluding steroid dienone is 2. The SMILES string of the molecule is CC1=C(c2ccccc2)C2CC(C)C(c3cccc4cccnc34)C2S1. The molecule has 2 heterocycles. The van der Waals surface area contributed by atoms with Crippen molar-refractivity contribution < 1.29 is 0 Å². The highest BCUT2D eigenvalue weighted by Crippen LogP contribution is 2.60. The van der Waals surface area contributed by atoms with Crippen molar-refractivity contribution in [1.82, 2.24) is 4.98 Å². The molecule has 0 amide bonds. The molecule has 5 rings (SSSR count). The summed E-state index contributed by atoms with van der Waals surface area (Å²) < 4.78 is 0. The largest absolute Gasteiger partial charge is 0.256 e. The Morgan fingerprint density at radius 1 is 0.962 bits per heavy atom. The zero-order chi connectivity index (χ0) is 17.7. The van der Waals surface area contributed by atoms with Crippen LogP contribution < -0.4 is 0 Å². The molecule has 1 saturated carbocycles. The number of benzene rings is 2. The van der Waals surface area contributed by atoms with Gasteiger partial charge < -0.3 is 0 Å². The molecule has 0 radical (unpaired) electrons. The van der Waals surface area contributed by atoms with Crippen molar-refractivity contribution in [1.29, 1.82) is 0 Å². The van der Waals surface area contributed by atoms with Gasteiger partial charge in [0.05, 0.1) is 5.52 Å². The zero-order valence-corrected chi connectivity index (χ0v) is 16.0. The minimum Gasteiger partial charge on any atom is -0.256 e. The summed E-state index contributed by atoms with van der Waals surface area (Å²) in [6, 6.07) is 21.9. The molecule has 3 aromatic rings. The van der Waals surface area contributed by atoms with E-state index in [2.05, 4.69) is 80.2 Å². The van der Waals surface area contributed by atoms with Crippen molar-refractivity contribution in [3.05, 3.63) is 82.9 Å². The Labute approximate surface area is 159 Å². The number of hydrogen-bond acceptors (Lipinski definition) is 2. The van der Waals surface area contributed by atoms with Crippen LogP contribution in [0, 0.1) is 11.8 Å². The first kappa shape index (κ1) is 16.1. The lowest BCUT2D eigenvalue weighted by molar-refractivity contribution is 0.535. The summed E-state index contributed by atoms with van der Waals surface area (Å²) in [5.74, 6) is 1.90. The predicted octanol–water partition coefficient (Wildman–Crippen LogP) is 6.52. The minimum atomic E-state index is 0.569. The zero-order valence-electron chi connectivity index (χ0n) is 15.2. The van der Waals surface area contributed by atoms with E-state index in [9.17, 15) is 0 Å². The standard InChI is InChI=1S/C24H23NS/c1-15-14-20-22(17-8-4-3-5-9-17)16(2)26-24(20)21(15)19-12-6-10-18-11-7-13-25-23(18)19/h3-13,15,20-21,24H,14H2,1-2H3. The summed E-state index contributed by atoms with van der Waals surface area (Å²) in [5.41, 5.74) is 5.63. The van der Waals surface area contributed by atoms with E-state index < -0.39 is 0 Å². The summed E-state index contributed by atoms with van der Waals surface area (Å²) in [6.45, 7) is 4.75. The number of rotatable bonds is 2. The summed E-state index contributed by atoms with van der Waals surface area (Å²) in [6.07, 6.45) is 3.21. The lowest BCUT2D eigenvalue weighted by atomic mass is 9.87. The fraction of sp³-hybridized carbons (Fsp3) is 0.292. The monoisotopic (exact) mass is 357 g/mol. The van der Waals surface area contributed by atoms with Crippen molar-refractivity contribution in [3.8, 4) is 0 Å². The van der Waals surface area contributed by atoms with Crippen molar-refractivity contribution >= 4 is 28.2 Å². The molecule has 0 bridgehead atoms. The molecule has 130 valence electrons. The first-order valence-electron chi connectivity index (χ1n) is 9.50. The van der Waals surface area contributed by atoms with Crippen molar-refractivity contribution in [3.63, 3.8) is 0 Å². The third-order valence-corrected chi connectivity index (χ3v) is 7.63. The molecule has 4 unspecified atom stereocenters. The molecule has 1 aliphatic carbocycles. The Hall–Kier alpha value is -2.06. The number of nitrogens with zero attached hydrogens (tertiary/aromatic N) is 1. The number of thioether (sulfide) groups is 1. The molecule has 2 aliphatic rings. The highest BCUT2D eigenvalue weighted by molar-refractivity contribution is 8.04. The maximum atomic E-state index is 4.75. The number of fused-ring (bicyclic) bond motifs is 2. The maximum absolute atomic E-state index is 4.75. The molecule has 0 saturated heterocycles. The Balaban J connectivity index is 1.58. The highest BCUT2D eigenvalue weighted by Gasteiger charge is 2.48. The maximum Gasteiger partial charge on any atom is 0.0737 e. The lowest BCUT2D eigenvalue weighted by Crippen LogP contribution is -2.16. The van der Waals surface area contributed by atoms with Crippen LogP contribution in [0.1, 0.15) is 37.3 Å². The van der Waals surface area contributed by atoms with E-state index in [1.54, 1.807) is 5.57 Å². The van der Waals surface area contributed by atoms with Gasteiger partial charge in [-0.3, -0.25) is 4.98 Å². The number of para-hydroxylation sites is 1. The van der Waals surface area contributed by atoms with E-state index in [1.165, 1.54) is 33.4 Å². The Morgan fingerprint density at radius 2 is 1.77 bits per heavy atom. The second-order valence-corrected chi connectivity index (χ2v) is 9.08. The molecule has 0 spiro atoms. The van der Waals surface area contributed by atoms with Gasteiger partial charge in [-0.15, -0.1) is 11.8 Å². The second-order valence-electron chi connectivity index (χ2n) is 7.69. The van der Waals surface area contributed by atoms with Crippen LogP contribution in [0.2, 0.25) is 0 Å². The average molecular weight is 358 g/mol. The average Bonchev–Trinajstić information content (AvgIpc) is 3.14. The quantitative estimate of drug-likeness (QED) is 0.518. The highest BCUT2D eigenvalue weighted by atomic mass is 32.2. The minimum absolute atomic E-state index is 0.569. The van der Waals surface area contributed by atoms with Crippen LogP contribution in [-0.2, 0) is 0 Å². The summed E-state index contributed by atoms with van der Waals surface area (Å²) in [7, 11) is 0. The third-order valence-electron chi connectivity index (χ3n) is 6.16. The number of aromatic nitrogens is 1. The van der Waals surface area contributed by atoms with E-state index in [0.29, 0.717) is 23.0 Å². The molecule has 2 aromatic carbocycles. The molecule has 1 nitrogen and oxygen atoms in total. The number of pyridine rings is 1. The van der Waals surface area contributed by atoms with Crippen LogP contribution in [0.3, 0.4) is 0 Å². The van der Waals surface area contributed by atoms with E-state index in [1.807, 2.05) is 12.3 Å². The number of hydrogen-bond donors (Lipinski definition) is 0. The van der Waals surface area contributed by atoms with Gasteiger partial charge in [0.15, 0.2) is 0 Å². The van der Waals surface area contributed by atoms with Crippen LogP contribution in [0.5, 0.6) is 0 Å². The topological polar surface area (TPSA) is 12.9 Å². The normalized spacial score (nSPS) is 27.9. The molecule has 0 N–H and O–H groups in total. The Bertz CT molecular complexity index is 986. The van der Waals surface area contributed by atoms with Crippen LogP contribution in [0.15, 0.2) is 71.8 Å². The summed E-state index contributed by atoms with van der Waals surface area (Å²) in [4.78, 5) is 6.26. The van der Waals surface area contributed by atoms with Crippen molar-refractivity contribution in [2.75, 3.05) is 0 Å². The van der Waals surface area contributed by atoms with Crippen LogP contribution in [0.25, 0.3) is 16.5 Å². The first-order valence-corrected chi connectivity index (χ1v) is 10.4. The molecule has 1 aromatic heterocycles. The molecular weight excluding hydrogens is 334 g/mol. The van der Waals surface area contributed by atoms with Gasteiger partial charge in [0.2, 0.25) is 0 Å². The van der Waals surface area contributed by atoms with E-state index in [0.717, 1.165) is 0 Å².